The quantitative estimate of drug-likeness (QED) is 0.741. The van der Waals surface area contributed by atoms with Gasteiger partial charge in [0.05, 0.1) is 6.04 Å². The number of benzene rings is 1. The molecule has 0 aliphatic heterocycles. The first-order valence-electron chi connectivity index (χ1n) is 6.02. The Kier molecular flexibility index (Phi) is 3.72. The lowest BCUT2D eigenvalue weighted by molar-refractivity contribution is 0.503. The zero-order valence-corrected chi connectivity index (χ0v) is 11.4. The zero-order valence-electron chi connectivity index (χ0n) is 10.6. The number of nitrogens with two attached hydrogens (primary N) is 1. The standard InChI is InChI=1S/C12H19N3O2S/c1-8(2)14-18(16,17)15-12-10-6-4-3-5-9(10)7-11(12)13/h3-6,8,11-12,14-15H,7,13H2,1-2H3. The van der Waals surface area contributed by atoms with Gasteiger partial charge in [0.25, 0.3) is 10.2 Å². The summed E-state index contributed by atoms with van der Waals surface area (Å²) in [6, 6.07) is 7.03. The fourth-order valence-corrected chi connectivity index (χ4v) is 3.61. The molecule has 5 nitrogen and oxygen atoms in total. The predicted molar refractivity (Wildman–Crippen MR) is 71.2 cm³/mol. The number of nitrogens with one attached hydrogen (secondary N) is 2. The SMILES string of the molecule is CC(C)NS(=O)(=O)NC1c2ccccc2CC1N. The lowest BCUT2D eigenvalue weighted by atomic mass is 10.1. The van der Waals surface area contributed by atoms with E-state index in [9.17, 15) is 8.42 Å². The summed E-state index contributed by atoms with van der Waals surface area (Å²) in [7, 11) is -3.52. The van der Waals surface area contributed by atoms with E-state index in [1.807, 2.05) is 24.3 Å². The van der Waals surface area contributed by atoms with Gasteiger partial charge in [0, 0.05) is 12.1 Å². The van der Waals surface area contributed by atoms with E-state index in [1.165, 1.54) is 0 Å². The van der Waals surface area contributed by atoms with Crippen molar-refractivity contribution in [1.82, 2.24) is 9.44 Å². The molecule has 0 aromatic heterocycles. The summed E-state index contributed by atoms with van der Waals surface area (Å²) in [5, 5.41) is 0. The molecule has 2 atom stereocenters. The molecule has 1 aromatic carbocycles. The summed E-state index contributed by atoms with van der Waals surface area (Å²) in [4.78, 5) is 0. The van der Waals surface area contributed by atoms with Crippen LogP contribution in [0.5, 0.6) is 0 Å². The van der Waals surface area contributed by atoms with Gasteiger partial charge in [-0.15, -0.1) is 0 Å². The molecule has 1 aromatic rings. The van der Waals surface area contributed by atoms with Gasteiger partial charge in [0.15, 0.2) is 0 Å². The summed E-state index contributed by atoms with van der Waals surface area (Å²) in [5.41, 5.74) is 8.10. The number of hydrogen-bond donors (Lipinski definition) is 3. The first-order chi connectivity index (χ1) is 8.39. The van der Waals surface area contributed by atoms with E-state index < -0.39 is 10.2 Å². The Labute approximate surface area is 108 Å². The molecule has 0 radical (unpaired) electrons. The highest BCUT2D eigenvalue weighted by Crippen LogP contribution is 2.30. The van der Waals surface area contributed by atoms with Gasteiger partial charge in [-0.1, -0.05) is 24.3 Å². The predicted octanol–water partition coefficient (Wildman–Crippen LogP) is 0.444. The van der Waals surface area contributed by atoms with Crippen molar-refractivity contribution in [3.8, 4) is 0 Å². The van der Waals surface area contributed by atoms with Crippen LogP contribution in [0.25, 0.3) is 0 Å². The maximum absolute atomic E-state index is 11.9. The van der Waals surface area contributed by atoms with Crippen LogP contribution in [-0.4, -0.2) is 20.5 Å². The van der Waals surface area contributed by atoms with E-state index >= 15 is 0 Å². The first-order valence-corrected chi connectivity index (χ1v) is 7.50. The van der Waals surface area contributed by atoms with Crippen molar-refractivity contribution in [2.75, 3.05) is 0 Å². The van der Waals surface area contributed by atoms with Crippen molar-refractivity contribution in [3.63, 3.8) is 0 Å². The molecule has 2 rings (SSSR count). The molecule has 100 valence electrons. The summed E-state index contributed by atoms with van der Waals surface area (Å²) in [6.07, 6.45) is 0.699. The van der Waals surface area contributed by atoms with Gasteiger partial charge in [-0.05, 0) is 31.4 Å². The van der Waals surface area contributed by atoms with Crippen molar-refractivity contribution < 1.29 is 8.42 Å². The third kappa shape index (κ3) is 2.89. The molecule has 2 unspecified atom stereocenters. The Hall–Kier alpha value is -0.950. The average molecular weight is 269 g/mol. The molecule has 0 saturated carbocycles. The third-order valence-corrected chi connectivity index (χ3v) is 4.29. The molecular weight excluding hydrogens is 250 g/mol. The maximum atomic E-state index is 11.9. The second-order valence-corrected chi connectivity index (χ2v) is 6.42. The van der Waals surface area contributed by atoms with Crippen LogP contribution in [0.2, 0.25) is 0 Å². The Morgan fingerprint density at radius 1 is 1.33 bits per heavy atom. The Morgan fingerprint density at radius 2 is 2.00 bits per heavy atom. The minimum Gasteiger partial charge on any atom is -0.326 e. The average Bonchev–Trinajstić information content (AvgIpc) is 2.53. The normalized spacial score (nSPS) is 23.3. The second kappa shape index (κ2) is 4.97. The minimum absolute atomic E-state index is 0.143. The largest absolute Gasteiger partial charge is 0.326 e. The molecule has 1 aliphatic rings. The molecule has 6 heteroatoms. The van der Waals surface area contributed by atoms with E-state index in [1.54, 1.807) is 13.8 Å². The lowest BCUT2D eigenvalue weighted by Gasteiger charge is -2.20. The highest BCUT2D eigenvalue weighted by Gasteiger charge is 2.32. The summed E-state index contributed by atoms with van der Waals surface area (Å²) in [6.45, 7) is 3.56. The monoisotopic (exact) mass is 269 g/mol. The molecule has 4 N–H and O–H groups in total. The Morgan fingerprint density at radius 3 is 2.67 bits per heavy atom. The van der Waals surface area contributed by atoms with Gasteiger partial charge in [-0.2, -0.15) is 17.9 Å². The first kappa shape index (κ1) is 13.5. The molecule has 1 aliphatic carbocycles. The van der Waals surface area contributed by atoms with Crippen LogP contribution in [-0.2, 0) is 16.6 Å². The number of rotatable bonds is 4. The van der Waals surface area contributed by atoms with Crippen molar-refractivity contribution >= 4 is 10.2 Å². The highest BCUT2D eigenvalue weighted by molar-refractivity contribution is 7.87. The van der Waals surface area contributed by atoms with Crippen LogP contribution in [0.4, 0.5) is 0 Å². The smallest absolute Gasteiger partial charge is 0.277 e. The van der Waals surface area contributed by atoms with Gasteiger partial charge in [-0.25, -0.2) is 0 Å². The summed E-state index contributed by atoms with van der Waals surface area (Å²) in [5.74, 6) is 0. The van der Waals surface area contributed by atoms with E-state index in [0.29, 0.717) is 6.42 Å². The van der Waals surface area contributed by atoms with Gasteiger partial charge >= 0.3 is 0 Å². The molecule has 0 saturated heterocycles. The fourth-order valence-electron chi connectivity index (χ4n) is 2.29. The molecule has 0 bridgehead atoms. The molecule has 0 amide bonds. The topological polar surface area (TPSA) is 84.2 Å². The van der Waals surface area contributed by atoms with Crippen LogP contribution >= 0.6 is 0 Å². The van der Waals surface area contributed by atoms with Crippen molar-refractivity contribution in [3.05, 3.63) is 35.4 Å². The zero-order chi connectivity index (χ0) is 13.3. The van der Waals surface area contributed by atoms with E-state index in [4.69, 9.17) is 5.73 Å². The minimum atomic E-state index is -3.52. The second-order valence-electron chi connectivity index (χ2n) is 4.94. The molecule has 0 heterocycles. The molecular formula is C12H19N3O2S. The Bertz CT molecular complexity index is 528. The molecule has 0 spiro atoms. The lowest BCUT2D eigenvalue weighted by Crippen LogP contribution is -2.45. The maximum Gasteiger partial charge on any atom is 0.277 e. The molecule has 0 fully saturated rings. The van der Waals surface area contributed by atoms with Crippen molar-refractivity contribution in [2.24, 2.45) is 5.73 Å². The van der Waals surface area contributed by atoms with Gasteiger partial charge in [-0.3, -0.25) is 0 Å². The van der Waals surface area contributed by atoms with Gasteiger partial charge < -0.3 is 5.73 Å². The fraction of sp³-hybridized carbons (Fsp3) is 0.500. The van der Waals surface area contributed by atoms with Crippen LogP contribution in [0.3, 0.4) is 0 Å². The summed E-state index contributed by atoms with van der Waals surface area (Å²) < 4.78 is 28.9. The van der Waals surface area contributed by atoms with Gasteiger partial charge in [0.2, 0.25) is 0 Å². The van der Waals surface area contributed by atoms with Crippen LogP contribution < -0.4 is 15.2 Å². The van der Waals surface area contributed by atoms with Crippen molar-refractivity contribution in [1.29, 1.82) is 0 Å². The van der Waals surface area contributed by atoms with Crippen LogP contribution in [0.15, 0.2) is 24.3 Å². The summed E-state index contributed by atoms with van der Waals surface area (Å²) >= 11 is 0. The van der Waals surface area contributed by atoms with E-state index in [2.05, 4.69) is 9.44 Å². The Balaban J connectivity index is 2.20. The van der Waals surface area contributed by atoms with E-state index in [-0.39, 0.29) is 18.1 Å². The van der Waals surface area contributed by atoms with Crippen molar-refractivity contribution in [2.45, 2.75) is 38.4 Å². The number of hydrogen-bond acceptors (Lipinski definition) is 3. The van der Waals surface area contributed by atoms with Crippen LogP contribution in [0.1, 0.15) is 31.0 Å². The van der Waals surface area contributed by atoms with Gasteiger partial charge in [0.1, 0.15) is 0 Å². The van der Waals surface area contributed by atoms with E-state index in [0.717, 1.165) is 11.1 Å². The molecule has 18 heavy (non-hydrogen) atoms. The third-order valence-electron chi connectivity index (χ3n) is 2.95. The highest BCUT2D eigenvalue weighted by atomic mass is 32.2. The number of fused-ring (bicyclic) bond motifs is 1. The van der Waals surface area contributed by atoms with Crippen LogP contribution in [0, 0.1) is 0 Å².